The van der Waals surface area contributed by atoms with Crippen LogP contribution >= 0.6 is 11.8 Å². The molecule has 0 bridgehead atoms. The van der Waals surface area contributed by atoms with Crippen LogP contribution in [-0.2, 0) is 11.5 Å². The van der Waals surface area contributed by atoms with Gasteiger partial charge in [-0.1, -0.05) is 67.8 Å². The molecule has 0 spiro atoms. The van der Waals surface area contributed by atoms with Crippen molar-refractivity contribution in [3.05, 3.63) is 54.6 Å². The summed E-state index contributed by atoms with van der Waals surface area (Å²) in [6, 6.07) is 19.9. The van der Waals surface area contributed by atoms with E-state index in [1.54, 1.807) is 11.8 Å². The first kappa shape index (κ1) is 17.3. The molecule has 3 nitrogen and oxygen atoms in total. The zero-order chi connectivity index (χ0) is 17.0. The third kappa shape index (κ3) is 4.50. The minimum absolute atomic E-state index is 0.508. The molecule has 24 heavy (non-hydrogen) atoms. The van der Waals surface area contributed by atoms with Gasteiger partial charge in [0.05, 0.1) is 5.52 Å². The predicted molar refractivity (Wildman–Crippen MR) is 104 cm³/mol. The third-order valence-corrected chi connectivity index (χ3v) is 6.60. The Balaban J connectivity index is 1.80. The maximum absolute atomic E-state index is 5.93. The van der Waals surface area contributed by atoms with Crippen molar-refractivity contribution in [2.75, 3.05) is 6.61 Å². The van der Waals surface area contributed by atoms with Crippen LogP contribution in [0.3, 0.4) is 0 Å². The lowest BCUT2D eigenvalue weighted by molar-refractivity contribution is 0.0733. The monoisotopic (exact) mass is 356 g/mol. The van der Waals surface area contributed by atoms with E-state index in [1.165, 1.54) is 16.3 Å². The smallest absolute Gasteiger partial charge is 0.140 e. The van der Waals surface area contributed by atoms with Gasteiger partial charge in [0.1, 0.15) is 11.8 Å². The molecule has 3 aromatic rings. The Bertz CT molecular complexity index is 796. The SMILES string of the molecule is C[Si](C)(C)CCOCn1nc2ccccc2c1Sc1ccccc1. The molecule has 1 aromatic heterocycles. The molecule has 0 fully saturated rings. The van der Waals surface area contributed by atoms with Crippen LogP contribution in [0, 0.1) is 0 Å². The van der Waals surface area contributed by atoms with Crippen LogP contribution in [0.15, 0.2) is 64.5 Å². The molecule has 0 unspecified atom stereocenters. The second kappa shape index (κ2) is 7.55. The molecule has 2 aromatic carbocycles. The highest BCUT2D eigenvalue weighted by atomic mass is 32.2. The highest BCUT2D eigenvalue weighted by Crippen LogP contribution is 2.33. The van der Waals surface area contributed by atoms with Crippen LogP contribution in [0.5, 0.6) is 0 Å². The molecule has 0 aliphatic heterocycles. The number of ether oxygens (including phenoxy) is 1. The van der Waals surface area contributed by atoms with Crippen LogP contribution in [0.4, 0.5) is 0 Å². The molecule has 1 heterocycles. The van der Waals surface area contributed by atoms with Crippen molar-refractivity contribution in [2.45, 2.75) is 42.3 Å². The predicted octanol–water partition coefficient (Wildman–Crippen LogP) is 5.50. The summed E-state index contributed by atoms with van der Waals surface area (Å²) in [6.07, 6.45) is 0. The zero-order valence-corrected chi connectivity index (χ0v) is 16.3. The number of benzene rings is 2. The fourth-order valence-electron chi connectivity index (χ4n) is 2.38. The first-order valence-corrected chi connectivity index (χ1v) is 12.8. The highest BCUT2D eigenvalue weighted by molar-refractivity contribution is 7.99. The lowest BCUT2D eigenvalue weighted by Gasteiger charge is -2.15. The Kier molecular flexibility index (Phi) is 5.43. The van der Waals surface area contributed by atoms with Crippen molar-refractivity contribution >= 4 is 30.7 Å². The Morgan fingerprint density at radius 1 is 1.00 bits per heavy atom. The van der Waals surface area contributed by atoms with Crippen molar-refractivity contribution in [1.82, 2.24) is 9.78 Å². The largest absolute Gasteiger partial charge is 0.359 e. The van der Waals surface area contributed by atoms with Crippen LogP contribution in [0.1, 0.15) is 0 Å². The average molecular weight is 357 g/mol. The first-order chi connectivity index (χ1) is 11.5. The van der Waals surface area contributed by atoms with E-state index in [9.17, 15) is 0 Å². The van der Waals surface area contributed by atoms with E-state index in [2.05, 4.69) is 62.1 Å². The Hall–Kier alpha value is -1.56. The van der Waals surface area contributed by atoms with Gasteiger partial charge in [-0.3, -0.25) is 0 Å². The van der Waals surface area contributed by atoms with E-state index in [-0.39, 0.29) is 0 Å². The molecule has 5 heteroatoms. The topological polar surface area (TPSA) is 27.1 Å². The third-order valence-electron chi connectivity index (χ3n) is 3.77. The number of fused-ring (bicyclic) bond motifs is 1. The first-order valence-electron chi connectivity index (χ1n) is 8.29. The summed E-state index contributed by atoms with van der Waals surface area (Å²) in [5.74, 6) is 0. The van der Waals surface area contributed by atoms with E-state index >= 15 is 0 Å². The summed E-state index contributed by atoms with van der Waals surface area (Å²) in [5, 5.41) is 7.05. The fraction of sp³-hybridized carbons (Fsp3) is 0.316. The second-order valence-corrected chi connectivity index (χ2v) is 13.8. The van der Waals surface area contributed by atoms with Gasteiger partial charge in [-0.25, -0.2) is 4.68 Å². The normalized spacial score (nSPS) is 12.0. The Morgan fingerprint density at radius 3 is 2.46 bits per heavy atom. The molecule has 0 aliphatic rings. The molecule has 3 rings (SSSR count). The van der Waals surface area contributed by atoms with Gasteiger partial charge in [-0.15, -0.1) is 0 Å². The Labute approximate surface area is 149 Å². The summed E-state index contributed by atoms with van der Waals surface area (Å²) in [4.78, 5) is 1.21. The van der Waals surface area contributed by atoms with Gasteiger partial charge in [0, 0.05) is 25.0 Å². The van der Waals surface area contributed by atoms with E-state index in [0.717, 1.165) is 17.1 Å². The summed E-state index contributed by atoms with van der Waals surface area (Å²) in [6.45, 7) is 8.43. The van der Waals surface area contributed by atoms with Crippen LogP contribution < -0.4 is 0 Å². The molecule has 0 saturated heterocycles. The average Bonchev–Trinajstić information content (AvgIpc) is 2.90. The zero-order valence-electron chi connectivity index (χ0n) is 14.5. The molecular weight excluding hydrogens is 332 g/mol. The van der Waals surface area contributed by atoms with Crippen LogP contribution in [0.2, 0.25) is 25.7 Å². The van der Waals surface area contributed by atoms with Crippen LogP contribution in [0.25, 0.3) is 10.9 Å². The minimum Gasteiger partial charge on any atom is -0.359 e. The van der Waals surface area contributed by atoms with E-state index in [4.69, 9.17) is 9.84 Å². The molecule has 0 aliphatic carbocycles. The Morgan fingerprint density at radius 2 is 1.71 bits per heavy atom. The van der Waals surface area contributed by atoms with Gasteiger partial charge in [0.15, 0.2) is 0 Å². The molecule has 0 radical (unpaired) electrons. The van der Waals surface area contributed by atoms with Gasteiger partial charge < -0.3 is 4.74 Å². The van der Waals surface area contributed by atoms with Gasteiger partial charge >= 0.3 is 0 Å². The molecule has 0 saturated carbocycles. The number of hydrogen-bond acceptors (Lipinski definition) is 3. The van der Waals surface area contributed by atoms with Crippen molar-refractivity contribution in [2.24, 2.45) is 0 Å². The number of aromatic nitrogens is 2. The highest BCUT2D eigenvalue weighted by Gasteiger charge is 2.14. The van der Waals surface area contributed by atoms with Gasteiger partial charge in [-0.05, 0) is 24.2 Å². The van der Waals surface area contributed by atoms with Gasteiger partial charge in [0.2, 0.25) is 0 Å². The molecule has 126 valence electrons. The number of nitrogens with zero attached hydrogens (tertiary/aromatic N) is 2. The molecule has 0 atom stereocenters. The number of hydrogen-bond donors (Lipinski definition) is 0. The van der Waals surface area contributed by atoms with Crippen molar-refractivity contribution in [3.8, 4) is 0 Å². The number of rotatable bonds is 7. The molecular formula is C19H24N2OSSi. The quantitative estimate of drug-likeness (QED) is 0.413. The van der Waals surface area contributed by atoms with Gasteiger partial charge in [0.25, 0.3) is 0 Å². The second-order valence-electron chi connectivity index (χ2n) is 7.08. The van der Waals surface area contributed by atoms with E-state index in [1.807, 2.05) is 16.8 Å². The maximum atomic E-state index is 5.93. The summed E-state index contributed by atoms with van der Waals surface area (Å²) < 4.78 is 7.92. The van der Waals surface area contributed by atoms with Crippen molar-refractivity contribution in [1.29, 1.82) is 0 Å². The van der Waals surface area contributed by atoms with Crippen molar-refractivity contribution in [3.63, 3.8) is 0 Å². The molecule has 0 N–H and O–H groups in total. The summed E-state index contributed by atoms with van der Waals surface area (Å²) >= 11 is 1.74. The standard InChI is InChI=1S/C19H24N2OSSi/c1-24(2,3)14-13-22-15-21-19(23-16-9-5-4-6-10-16)17-11-7-8-12-18(17)20-21/h4-12H,13-15H2,1-3H3. The fourth-order valence-corrected chi connectivity index (χ4v) is 4.14. The lowest BCUT2D eigenvalue weighted by Crippen LogP contribution is -2.22. The van der Waals surface area contributed by atoms with E-state index in [0.29, 0.717) is 6.73 Å². The summed E-state index contributed by atoms with van der Waals surface area (Å²) in [5.41, 5.74) is 1.02. The summed E-state index contributed by atoms with van der Waals surface area (Å²) in [7, 11) is -1.06. The van der Waals surface area contributed by atoms with E-state index < -0.39 is 8.07 Å². The van der Waals surface area contributed by atoms with Crippen LogP contribution in [-0.4, -0.2) is 24.5 Å². The van der Waals surface area contributed by atoms with Crippen molar-refractivity contribution < 1.29 is 4.74 Å². The lowest BCUT2D eigenvalue weighted by atomic mass is 10.3. The van der Waals surface area contributed by atoms with Gasteiger partial charge in [-0.2, -0.15) is 5.10 Å². The molecule has 0 amide bonds. The maximum Gasteiger partial charge on any atom is 0.140 e. The minimum atomic E-state index is -1.06.